The molecule has 0 radical (unpaired) electrons. The van der Waals surface area contributed by atoms with Gasteiger partial charge in [-0.2, -0.15) is 0 Å². The van der Waals surface area contributed by atoms with Gasteiger partial charge in [0.05, 0.1) is 5.56 Å². The van der Waals surface area contributed by atoms with E-state index in [0.717, 1.165) is 12.8 Å². The van der Waals surface area contributed by atoms with Crippen molar-refractivity contribution in [1.82, 2.24) is 9.80 Å². The number of carbonyl (C=O) groups excluding carboxylic acids is 2. The zero-order valence-corrected chi connectivity index (χ0v) is 11.7. The molecule has 21 heavy (non-hydrogen) atoms. The first-order valence-electron chi connectivity index (χ1n) is 7.19. The molecular weight excluding hydrogens is 273 g/mol. The second-order valence-electron chi connectivity index (χ2n) is 5.63. The summed E-state index contributed by atoms with van der Waals surface area (Å²) in [6.45, 7) is 1.91. The minimum Gasteiger partial charge on any atom is -0.399 e. The number of nitrogens with two attached hydrogens (primary N) is 1. The van der Waals surface area contributed by atoms with E-state index in [0.29, 0.717) is 31.9 Å². The van der Waals surface area contributed by atoms with E-state index in [9.17, 15) is 14.0 Å². The fourth-order valence-corrected chi connectivity index (χ4v) is 2.60. The summed E-state index contributed by atoms with van der Waals surface area (Å²) in [7, 11) is 0. The summed E-state index contributed by atoms with van der Waals surface area (Å²) in [5, 5.41) is 0. The van der Waals surface area contributed by atoms with E-state index >= 15 is 0 Å². The van der Waals surface area contributed by atoms with Crippen LogP contribution in [0.3, 0.4) is 0 Å². The van der Waals surface area contributed by atoms with E-state index in [4.69, 9.17) is 5.73 Å². The average molecular weight is 291 g/mol. The summed E-state index contributed by atoms with van der Waals surface area (Å²) in [5.41, 5.74) is 5.97. The summed E-state index contributed by atoms with van der Waals surface area (Å²) < 4.78 is 13.7. The molecule has 0 aromatic heterocycles. The Morgan fingerprint density at radius 1 is 1.10 bits per heavy atom. The Morgan fingerprint density at radius 3 is 2.33 bits per heavy atom. The molecule has 2 N–H and O–H groups in total. The molecule has 0 spiro atoms. The number of carbonyl (C=O) groups is 2. The van der Waals surface area contributed by atoms with Gasteiger partial charge >= 0.3 is 0 Å². The molecule has 0 unspecified atom stereocenters. The van der Waals surface area contributed by atoms with E-state index < -0.39 is 5.82 Å². The minimum atomic E-state index is -0.564. The zero-order valence-electron chi connectivity index (χ0n) is 11.7. The number of amides is 2. The summed E-state index contributed by atoms with van der Waals surface area (Å²) in [5.74, 6) is -0.542. The summed E-state index contributed by atoms with van der Waals surface area (Å²) >= 11 is 0. The smallest absolute Gasteiger partial charge is 0.257 e. The quantitative estimate of drug-likeness (QED) is 0.830. The normalized spacial score (nSPS) is 18.7. The Balaban J connectivity index is 1.64. The molecule has 3 rings (SSSR count). The van der Waals surface area contributed by atoms with Crippen LogP contribution < -0.4 is 5.73 Å². The third-order valence-electron chi connectivity index (χ3n) is 4.03. The molecular formula is C15H18FN3O2. The van der Waals surface area contributed by atoms with Crippen LogP contribution >= 0.6 is 0 Å². The van der Waals surface area contributed by atoms with E-state index in [1.807, 2.05) is 0 Å². The third kappa shape index (κ3) is 2.84. The number of hydrogen-bond donors (Lipinski definition) is 1. The standard InChI is InChI=1S/C15H18FN3O2/c16-13-4-3-11(17)9-12(13)15(21)19-7-5-18(6-8-19)14(20)10-1-2-10/h3-4,9-10H,1-2,5-8,17H2. The SMILES string of the molecule is Nc1ccc(F)c(C(=O)N2CCN(C(=O)C3CC3)CC2)c1. The number of halogens is 1. The van der Waals surface area contributed by atoms with Crippen LogP contribution in [0.1, 0.15) is 23.2 Å². The lowest BCUT2D eigenvalue weighted by molar-refractivity contribution is -0.134. The van der Waals surface area contributed by atoms with Gasteiger partial charge < -0.3 is 15.5 Å². The largest absolute Gasteiger partial charge is 0.399 e. The highest BCUT2D eigenvalue weighted by Gasteiger charge is 2.35. The Bertz CT molecular complexity index is 578. The highest BCUT2D eigenvalue weighted by molar-refractivity contribution is 5.95. The number of piperazine rings is 1. The van der Waals surface area contributed by atoms with Gasteiger partial charge in [-0.15, -0.1) is 0 Å². The molecule has 1 aliphatic carbocycles. The van der Waals surface area contributed by atoms with Gasteiger partial charge in [-0.05, 0) is 31.0 Å². The van der Waals surface area contributed by atoms with Crippen LogP contribution in [0.5, 0.6) is 0 Å². The first kappa shape index (κ1) is 13.9. The molecule has 2 aliphatic rings. The monoisotopic (exact) mass is 291 g/mol. The Labute approximate surface area is 122 Å². The van der Waals surface area contributed by atoms with Crippen LogP contribution in [0, 0.1) is 11.7 Å². The van der Waals surface area contributed by atoms with Crippen molar-refractivity contribution in [2.75, 3.05) is 31.9 Å². The minimum absolute atomic E-state index is 0.00281. The van der Waals surface area contributed by atoms with Gasteiger partial charge in [0, 0.05) is 37.8 Å². The maximum atomic E-state index is 13.7. The van der Waals surface area contributed by atoms with Crippen molar-refractivity contribution in [3.8, 4) is 0 Å². The topological polar surface area (TPSA) is 66.6 Å². The van der Waals surface area contributed by atoms with Gasteiger partial charge in [-0.3, -0.25) is 9.59 Å². The van der Waals surface area contributed by atoms with Crippen LogP contribution in [0.4, 0.5) is 10.1 Å². The molecule has 1 aliphatic heterocycles. The summed E-state index contributed by atoms with van der Waals surface area (Å²) in [4.78, 5) is 27.7. The molecule has 0 bridgehead atoms. The molecule has 1 aromatic carbocycles. The van der Waals surface area contributed by atoms with Gasteiger partial charge in [-0.1, -0.05) is 0 Å². The van der Waals surface area contributed by atoms with E-state index in [-0.39, 0.29) is 23.3 Å². The van der Waals surface area contributed by atoms with Crippen LogP contribution in [0.2, 0.25) is 0 Å². The highest BCUT2D eigenvalue weighted by atomic mass is 19.1. The Kier molecular flexibility index (Phi) is 3.53. The van der Waals surface area contributed by atoms with Crippen molar-refractivity contribution in [3.05, 3.63) is 29.6 Å². The number of rotatable bonds is 2. The van der Waals surface area contributed by atoms with Gasteiger partial charge in [-0.25, -0.2) is 4.39 Å². The number of nitrogen functional groups attached to an aromatic ring is 1. The first-order valence-corrected chi connectivity index (χ1v) is 7.19. The summed E-state index contributed by atoms with van der Waals surface area (Å²) in [6.07, 6.45) is 1.96. The van der Waals surface area contributed by atoms with Gasteiger partial charge in [0.1, 0.15) is 5.82 Å². The van der Waals surface area contributed by atoms with Crippen molar-refractivity contribution < 1.29 is 14.0 Å². The Hall–Kier alpha value is -2.11. The van der Waals surface area contributed by atoms with Crippen LogP contribution in [0.25, 0.3) is 0 Å². The second-order valence-corrected chi connectivity index (χ2v) is 5.63. The van der Waals surface area contributed by atoms with E-state index in [2.05, 4.69) is 0 Å². The number of benzene rings is 1. The second kappa shape index (κ2) is 5.35. The van der Waals surface area contributed by atoms with Crippen molar-refractivity contribution >= 4 is 17.5 Å². The van der Waals surface area contributed by atoms with Crippen LogP contribution in [-0.2, 0) is 4.79 Å². The molecule has 1 saturated heterocycles. The lowest BCUT2D eigenvalue weighted by Crippen LogP contribution is -2.51. The molecule has 5 nitrogen and oxygen atoms in total. The molecule has 2 fully saturated rings. The number of nitrogens with zero attached hydrogens (tertiary/aromatic N) is 2. The lowest BCUT2D eigenvalue weighted by atomic mass is 10.1. The van der Waals surface area contributed by atoms with Gasteiger partial charge in [0.25, 0.3) is 5.91 Å². The first-order chi connectivity index (χ1) is 10.1. The molecule has 2 amide bonds. The predicted octanol–water partition coefficient (Wildman–Crippen LogP) is 1.10. The average Bonchev–Trinajstić information content (AvgIpc) is 3.33. The van der Waals surface area contributed by atoms with Gasteiger partial charge in [0.15, 0.2) is 0 Å². The van der Waals surface area contributed by atoms with Crippen molar-refractivity contribution in [2.24, 2.45) is 5.92 Å². The maximum absolute atomic E-state index is 13.7. The van der Waals surface area contributed by atoms with Crippen LogP contribution in [-0.4, -0.2) is 47.8 Å². The Morgan fingerprint density at radius 2 is 1.71 bits per heavy atom. The molecule has 6 heteroatoms. The summed E-state index contributed by atoms with van der Waals surface area (Å²) in [6, 6.07) is 3.99. The molecule has 1 heterocycles. The van der Waals surface area contributed by atoms with Crippen molar-refractivity contribution in [1.29, 1.82) is 0 Å². The van der Waals surface area contributed by atoms with Gasteiger partial charge in [0.2, 0.25) is 5.91 Å². The molecule has 1 aromatic rings. The number of hydrogen-bond acceptors (Lipinski definition) is 3. The molecule has 112 valence electrons. The van der Waals surface area contributed by atoms with Crippen molar-refractivity contribution in [3.63, 3.8) is 0 Å². The zero-order chi connectivity index (χ0) is 15.0. The van der Waals surface area contributed by atoms with E-state index in [1.165, 1.54) is 18.2 Å². The molecule has 0 atom stereocenters. The predicted molar refractivity (Wildman–Crippen MR) is 76.0 cm³/mol. The lowest BCUT2D eigenvalue weighted by Gasteiger charge is -2.35. The van der Waals surface area contributed by atoms with Crippen LogP contribution in [0.15, 0.2) is 18.2 Å². The van der Waals surface area contributed by atoms with E-state index in [1.54, 1.807) is 9.80 Å². The highest BCUT2D eigenvalue weighted by Crippen LogP contribution is 2.31. The van der Waals surface area contributed by atoms with Crippen molar-refractivity contribution in [2.45, 2.75) is 12.8 Å². The fraction of sp³-hybridized carbons (Fsp3) is 0.467. The number of anilines is 1. The third-order valence-corrected chi connectivity index (χ3v) is 4.03. The fourth-order valence-electron chi connectivity index (χ4n) is 2.60. The maximum Gasteiger partial charge on any atom is 0.257 e. The molecule has 1 saturated carbocycles.